The van der Waals surface area contributed by atoms with Crippen molar-refractivity contribution < 1.29 is 34.0 Å². The number of halogens is 1. The van der Waals surface area contributed by atoms with Gasteiger partial charge in [-0.15, -0.1) is 0 Å². The highest BCUT2D eigenvalue weighted by molar-refractivity contribution is 9.10. The molecule has 4 heterocycles. The number of aromatic nitrogens is 4. The molecule has 0 saturated carbocycles. The van der Waals surface area contributed by atoms with Gasteiger partial charge in [0, 0.05) is 24.9 Å². The van der Waals surface area contributed by atoms with Gasteiger partial charge in [0.1, 0.15) is 23.4 Å². The fourth-order valence-electron chi connectivity index (χ4n) is 4.48. The number of likely N-dealkylation sites (tertiary alicyclic amines) is 2. The third-order valence-corrected chi connectivity index (χ3v) is 6.70. The lowest BCUT2D eigenvalue weighted by Crippen LogP contribution is -2.39. The van der Waals surface area contributed by atoms with E-state index in [1.807, 2.05) is 55.4 Å². The van der Waals surface area contributed by atoms with Crippen LogP contribution in [-0.2, 0) is 9.47 Å². The summed E-state index contributed by atoms with van der Waals surface area (Å²) in [6.07, 6.45) is 7.01. The summed E-state index contributed by atoms with van der Waals surface area (Å²) in [6.45, 7) is 16.1. The van der Waals surface area contributed by atoms with Crippen molar-refractivity contribution in [1.82, 2.24) is 29.7 Å². The van der Waals surface area contributed by atoms with Crippen LogP contribution >= 0.6 is 15.9 Å². The quantitative estimate of drug-likeness (QED) is 0.197. The van der Waals surface area contributed by atoms with Gasteiger partial charge in [0.25, 0.3) is 0 Å². The maximum absolute atomic E-state index is 12.2. The van der Waals surface area contributed by atoms with Crippen LogP contribution in [0.3, 0.4) is 0 Å². The Hall–Kier alpha value is -3.58. The van der Waals surface area contributed by atoms with Crippen LogP contribution in [-0.4, -0.2) is 96.0 Å². The molecular formula is C28H49BrN10O7. The molecule has 46 heavy (non-hydrogen) atoms. The Morgan fingerprint density at radius 3 is 1.46 bits per heavy atom. The third kappa shape index (κ3) is 13.4. The lowest BCUT2D eigenvalue weighted by molar-refractivity contribution is 0.0214. The molecule has 0 bridgehead atoms. The molecular weight excluding hydrogens is 668 g/mol. The number of nitrogen functional groups attached to an aromatic ring is 1. The van der Waals surface area contributed by atoms with Crippen LogP contribution < -0.4 is 32.4 Å². The zero-order valence-corrected chi connectivity index (χ0v) is 29.3. The number of nitrogens with zero attached hydrogens (tertiary/aromatic N) is 6. The van der Waals surface area contributed by atoms with Crippen LogP contribution in [0.5, 0.6) is 11.5 Å². The summed E-state index contributed by atoms with van der Waals surface area (Å²) < 4.78 is 23.0. The van der Waals surface area contributed by atoms with E-state index in [1.54, 1.807) is 34.6 Å². The highest BCUT2D eigenvalue weighted by Gasteiger charge is 2.37. The maximum atomic E-state index is 12.2. The van der Waals surface area contributed by atoms with Crippen LogP contribution in [0.1, 0.15) is 68.2 Å². The summed E-state index contributed by atoms with van der Waals surface area (Å²) >= 11 is 3.18. The first-order chi connectivity index (χ1) is 21.0. The topological polar surface area (TPSA) is 251 Å². The Balaban J connectivity index is 0.000000428. The van der Waals surface area contributed by atoms with Crippen LogP contribution in [0, 0.1) is 0 Å². The average molecular weight is 718 g/mol. The van der Waals surface area contributed by atoms with Crippen molar-refractivity contribution in [2.24, 2.45) is 17.5 Å². The largest absolute Gasteiger partial charge is 0.485 e. The summed E-state index contributed by atoms with van der Waals surface area (Å²) in [7, 11) is 0. The van der Waals surface area contributed by atoms with Crippen molar-refractivity contribution in [3.8, 4) is 11.5 Å². The maximum Gasteiger partial charge on any atom is 0.410 e. The number of rotatable bonds is 5. The standard InChI is InChI=1S/C14H20BrN3O3.C14H23N5O3.H4N2.H2O/c1-9-5-10(20-11-6-16-12(15)17-7-11)8-18(9)13(19)21-14(2,3)4;1-9-5-10(8-19(9)13(20)22-14(2,3)4)21-11-6-16-12(18-15)17-7-11;1-2;/h6-7,9-10H,5,8H2,1-4H3;6-7,9-10H,5,8,15H2,1-4H3,(H,16,17,18);1-2H2;1H2/t2*9-,10+;;/m00../s1. The number of anilines is 1. The molecule has 2 amide bonds. The molecule has 4 atom stereocenters. The molecule has 0 aliphatic carbocycles. The monoisotopic (exact) mass is 716 g/mol. The van der Waals surface area contributed by atoms with E-state index in [4.69, 9.17) is 24.8 Å². The lowest BCUT2D eigenvalue weighted by atomic mass is 10.2. The zero-order chi connectivity index (χ0) is 33.9. The van der Waals surface area contributed by atoms with Crippen LogP contribution in [0.25, 0.3) is 0 Å². The van der Waals surface area contributed by atoms with Crippen molar-refractivity contribution in [2.45, 2.75) is 104 Å². The fraction of sp³-hybridized carbons (Fsp3) is 0.643. The minimum absolute atomic E-state index is 0. The first-order valence-electron chi connectivity index (χ1n) is 14.4. The molecule has 4 rings (SSSR count). The number of nitrogens with one attached hydrogen (secondary N) is 1. The van der Waals surface area contributed by atoms with Gasteiger partial charge in [-0.1, -0.05) is 0 Å². The van der Waals surface area contributed by atoms with E-state index < -0.39 is 11.2 Å². The van der Waals surface area contributed by atoms with Crippen LogP contribution in [0.4, 0.5) is 15.5 Å². The van der Waals surface area contributed by atoms with E-state index in [-0.39, 0.29) is 42.0 Å². The van der Waals surface area contributed by atoms with Crippen molar-refractivity contribution in [3.05, 3.63) is 29.5 Å². The molecule has 2 saturated heterocycles. The minimum Gasteiger partial charge on any atom is -0.485 e. The van der Waals surface area contributed by atoms with Crippen molar-refractivity contribution in [1.29, 1.82) is 0 Å². The van der Waals surface area contributed by atoms with Crippen LogP contribution in [0.2, 0.25) is 0 Å². The molecule has 260 valence electrons. The predicted octanol–water partition coefficient (Wildman–Crippen LogP) is 2.55. The fourth-order valence-corrected chi connectivity index (χ4v) is 4.69. The Morgan fingerprint density at radius 1 is 0.783 bits per heavy atom. The third-order valence-electron chi connectivity index (χ3n) is 6.29. The molecule has 18 heteroatoms. The molecule has 2 aliphatic heterocycles. The number of hydrogen-bond donors (Lipinski definition) is 4. The SMILES string of the molecule is C[C@H]1C[C@@H](Oc2cnc(Br)nc2)CN1C(=O)OC(C)(C)C.C[C@H]1C[C@@H](Oc2cnc(NN)nc2)CN1C(=O)OC(C)(C)C.NN.O. The van der Waals surface area contributed by atoms with Gasteiger partial charge in [0.05, 0.1) is 37.9 Å². The highest BCUT2D eigenvalue weighted by atomic mass is 79.9. The summed E-state index contributed by atoms with van der Waals surface area (Å²) in [6, 6.07) is 0.145. The number of amides is 2. The van der Waals surface area contributed by atoms with Crippen molar-refractivity contribution in [2.75, 3.05) is 18.5 Å². The number of hydrazine groups is 2. The van der Waals surface area contributed by atoms with Gasteiger partial charge < -0.3 is 34.2 Å². The number of carbonyl (C=O) groups excluding carboxylic acids is 2. The molecule has 0 radical (unpaired) electrons. The van der Waals surface area contributed by atoms with Gasteiger partial charge >= 0.3 is 12.2 Å². The Kier molecular flexibility index (Phi) is 15.8. The van der Waals surface area contributed by atoms with E-state index in [0.717, 1.165) is 12.8 Å². The van der Waals surface area contributed by atoms with Crippen LogP contribution in [0.15, 0.2) is 29.5 Å². The summed E-state index contributed by atoms with van der Waals surface area (Å²) in [5.74, 6) is 14.7. The summed E-state index contributed by atoms with van der Waals surface area (Å²) in [5.41, 5.74) is 1.36. The molecule has 2 fully saturated rings. The lowest BCUT2D eigenvalue weighted by Gasteiger charge is -2.26. The number of carbonyl (C=O) groups is 2. The molecule has 2 aromatic rings. The molecule has 2 aromatic heterocycles. The highest BCUT2D eigenvalue weighted by Crippen LogP contribution is 2.26. The van der Waals surface area contributed by atoms with E-state index in [9.17, 15) is 9.59 Å². The van der Waals surface area contributed by atoms with E-state index in [0.29, 0.717) is 35.3 Å². The van der Waals surface area contributed by atoms with Gasteiger partial charge in [-0.2, -0.15) is 0 Å². The first-order valence-corrected chi connectivity index (χ1v) is 15.2. The van der Waals surface area contributed by atoms with E-state index >= 15 is 0 Å². The predicted molar refractivity (Wildman–Crippen MR) is 174 cm³/mol. The average Bonchev–Trinajstić information content (AvgIpc) is 3.51. The molecule has 17 nitrogen and oxygen atoms in total. The molecule has 0 aromatic carbocycles. The summed E-state index contributed by atoms with van der Waals surface area (Å²) in [4.78, 5) is 43.7. The van der Waals surface area contributed by atoms with E-state index in [1.165, 1.54) is 0 Å². The van der Waals surface area contributed by atoms with Gasteiger partial charge in [-0.25, -0.2) is 35.4 Å². The van der Waals surface area contributed by atoms with Crippen molar-refractivity contribution >= 4 is 34.1 Å². The summed E-state index contributed by atoms with van der Waals surface area (Å²) in [5, 5.41) is 0. The number of hydrogen-bond acceptors (Lipinski definition) is 14. The van der Waals surface area contributed by atoms with Gasteiger partial charge in [0.2, 0.25) is 5.95 Å². The number of ether oxygens (including phenoxy) is 4. The Bertz CT molecular complexity index is 1210. The molecule has 9 N–H and O–H groups in total. The molecule has 2 aliphatic rings. The minimum atomic E-state index is -0.505. The second-order valence-electron chi connectivity index (χ2n) is 12.5. The van der Waals surface area contributed by atoms with Crippen molar-refractivity contribution in [3.63, 3.8) is 0 Å². The zero-order valence-electron chi connectivity index (χ0n) is 27.7. The number of nitrogens with two attached hydrogens (primary N) is 3. The normalized spacial score (nSPS) is 20.6. The van der Waals surface area contributed by atoms with Gasteiger partial charge in [-0.05, 0) is 71.3 Å². The first kappa shape index (κ1) is 40.4. The molecule has 0 unspecified atom stereocenters. The molecule has 0 spiro atoms. The smallest absolute Gasteiger partial charge is 0.410 e. The second kappa shape index (κ2) is 17.9. The van der Waals surface area contributed by atoms with Gasteiger partial charge in [-0.3, -0.25) is 17.1 Å². The Labute approximate surface area is 278 Å². The van der Waals surface area contributed by atoms with E-state index in [2.05, 4.69) is 53.0 Å². The Morgan fingerprint density at radius 2 is 1.13 bits per heavy atom. The van der Waals surface area contributed by atoms with Gasteiger partial charge in [0.15, 0.2) is 16.2 Å². The second-order valence-corrected chi connectivity index (χ2v) is 13.2.